The minimum atomic E-state index is -1.28. The van der Waals surface area contributed by atoms with Crippen molar-refractivity contribution in [1.29, 1.82) is 0 Å². The third kappa shape index (κ3) is 3.06. The van der Waals surface area contributed by atoms with E-state index in [1.54, 1.807) is 48.5 Å². The van der Waals surface area contributed by atoms with Crippen LogP contribution in [0.5, 0.6) is 11.5 Å². The molecule has 6 rings (SSSR count). The van der Waals surface area contributed by atoms with E-state index in [2.05, 4.69) is 9.97 Å². The van der Waals surface area contributed by atoms with Crippen LogP contribution in [0.25, 0.3) is 21.8 Å². The lowest BCUT2D eigenvalue weighted by molar-refractivity contribution is -0.384. The number of H-pyrrole nitrogens is 2. The summed E-state index contributed by atoms with van der Waals surface area (Å²) >= 11 is 0. The number of Topliss-reactive ketones (excluding diaryl/α,β-unsaturated/α-hetero) is 1. The smallest absolute Gasteiger partial charge is 0.269 e. The fraction of sp³-hybridized carbons (Fsp3) is 0.0385. The first-order valence-corrected chi connectivity index (χ1v) is 10.7. The lowest BCUT2D eigenvalue weighted by Crippen LogP contribution is -2.32. The minimum absolute atomic E-state index is 0.0142. The summed E-state index contributed by atoms with van der Waals surface area (Å²) in [5.74, 6) is -1.43. The number of para-hydroxylation sites is 2. The van der Waals surface area contributed by atoms with E-state index in [0.29, 0.717) is 21.8 Å². The molecule has 0 unspecified atom stereocenters. The Morgan fingerprint density at radius 3 is 1.74 bits per heavy atom. The summed E-state index contributed by atoms with van der Waals surface area (Å²) in [6.07, 6.45) is 0. The van der Waals surface area contributed by atoms with Crippen molar-refractivity contribution >= 4 is 33.3 Å². The van der Waals surface area contributed by atoms with Crippen molar-refractivity contribution in [3.8, 4) is 11.5 Å². The number of nitrogens with one attached hydrogen (secondary N) is 2. The largest absolute Gasteiger partial charge is 0.455 e. The molecule has 0 fully saturated rings. The normalized spacial score (nSPS) is 12.7. The first-order chi connectivity index (χ1) is 16.9. The second kappa shape index (κ2) is 7.49. The lowest BCUT2D eigenvalue weighted by atomic mass is 9.82. The van der Waals surface area contributed by atoms with Gasteiger partial charge in [-0.05, 0) is 36.4 Å². The third-order valence-electron chi connectivity index (χ3n) is 6.22. The minimum Gasteiger partial charge on any atom is -0.455 e. The summed E-state index contributed by atoms with van der Waals surface area (Å²) in [5.41, 5.74) is -0.0951. The number of nitro benzene ring substituents is 1. The molecule has 1 aliphatic heterocycles. The molecule has 3 heterocycles. The standard InChI is InChI=1S/C26H15N3O6/c30-22(13-9-11-14(12-10-13)29(33)34)19-20-23(15-5-1-3-7-17(15)27-25(20)31)35-24-16-6-2-4-8-18(16)28-26(32)21(19)24/h1-12,19H,(H,27,31)(H,28,32). The molecule has 0 spiro atoms. The first kappa shape index (κ1) is 20.5. The molecule has 5 aromatic rings. The number of hydrogen-bond acceptors (Lipinski definition) is 6. The van der Waals surface area contributed by atoms with Crippen LogP contribution < -0.4 is 15.9 Å². The maximum atomic E-state index is 13.9. The van der Waals surface area contributed by atoms with E-state index < -0.39 is 27.7 Å². The zero-order valence-electron chi connectivity index (χ0n) is 17.9. The number of carbonyl (C=O) groups excluding carboxylic acids is 1. The van der Waals surface area contributed by atoms with Crippen LogP contribution in [-0.2, 0) is 0 Å². The number of carbonyl (C=O) groups is 1. The Hall–Kier alpha value is -5.05. The number of fused-ring (bicyclic) bond motifs is 6. The Labute approximate surface area is 195 Å². The zero-order chi connectivity index (χ0) is 24.3. The van der Waals surface area contributed by atoms with Gasteiger partial charge in [0.05, 0.1) is 33.0 Å². The number of pyridine rings is 2. The van der Waals surface area contributed by atoms with Crippen LogP contribution in [0.1, 0.15) is 27.4 Å². The van der Waals surface area contributed by atoms with Crippen molar-refractivity contribution in [1.82, 2.24) is 9.97 Å². The Morgan fingerprint density at radius 1 is 0.771 bits per heavy atom. The number of nitro groups is 1. The molecule has 0 aliphatic carbocycles. The van der Waals surface area contributed by atoms with Crippen molar-refractivity contribution in [2.45, 2.75) is 5.92 Å². The maximum absolute atomic E-state index is 13.9. The topological polar surface area (TPSA) is 135 Å². The average Bonchev–Trinajstić information content (AvgIpc) is 2.87. The van der Waals surface area contributed by atoms with Crippen LogP contribution in [0, 0.1) is 10.1 Å². The molecule has 0 bridgehead atoms. The van der Waals surface area contributed by atoms with E-state index in [1.165, 1.54) is 24.3 Å². The van der Waals surface area contributed by atoms with Crippen molar-refractivity contribution in [3.63, 3.8) is 0 Å². The maximum Gasteiger partial charge on any atom is 0.269 e. The zero-order valence-corrected chi connectivity index (χ0v) is 17.9. The van der Waals surface area contributed by atoms with Crippen LogP contribution in [0.4, 0.5) is 5.69 Å². The average molecular weight is 465 g/mol. The van der Waals surface area contributed by atoms with Gasteiger partial charge in [-0.1, -0.05) is 24.3 Å². The number of aromatic nitrogens is 2. The molecule has 170 valence electrons. The number of ether oxygens (including phenoxy) is 1. The van der Waals surface area contributed by atoms with Gasteiger partial charge in [0.15, 0.2) is 5.78 Å². The molecule has 0 saturated heterocycles. The van der Waals surface area contributed by atoms with E-state index in [9.17, 15) is 24.5 Å². The Kier molecular flexibility index (Phi) is 4.40. The van der Waals surface area contributed by atoms with Crippen LogP contribution in [0.2, 0.25) is 0 Å². The molecule has 0 saturated carbocycles. The van der Waals surface area contributed by atoms with Crippen LogP contribution in [0.15, 0.2) is 82.4 Å². The summed E-state index contributed by atoms with van der Waals surface area (Å²) < 4.78 is 6.25. The van der Waals surface area contributed by atoms with Gasteiger partial charge in [-0.15, -0.1) is 0 Å². The molecule has 9 heteroatoms. The first-order valence-electron chi connectivity index (χ1n) is 10.7. The van der Waals surface area contributed by atoms with Crippen LogP contribution in [0.3, 0.4) is 0 Å². The SMILES string of the molecule is O=C(c1ccc([N+](=O)[O-])cc1)C1c2c(c3ccccc3[nH]c2=O)Oc2c1c(=O)[nH]c1ccccc21. The number of non-ortho nitro benzene ring substituents is 1. The third-order valence-corrected chi connectivity index (χ3v) is 6.22. The van der Waals surface area contributed by atoms with Gasteiger partial charge in [0, 0.05) is 28.5 Å². The van der Waals surface area contributed by atoms with Crippen molar-refractivity contribution in [3.05, 3.63) is 120 Å². The fourth-order valence-electron chi connectivity index (χ4n) is 4.62. The molecular formula is C26H15N3O6. The van der Waals surface area contributed by atoms with E-state index in [0.717, 1.165) is 0 Å². The Balaban J connectivity index is 1.68. The molecule has 1 aliphatic rings. The van der Waals surface area contributed by atoms with Gasteiger partial charge in [-0.3, -0.25) is 24.5 Å². The highest BCUT2D eigenvalue weighted by Crippen LogP contribution is 2.47. The highest BCUT2D eigenvalue weighted by atomic mass is 16.6. The number of ketones is 1. The van der Waals surface area contributed by atoms with E-state index in [-0.39, 0.29) is 33.9 Å². The van der Waals surface area contributed by atoms with Gasteiger partial charge in [-0.2, -0.15) is 0 Å². The van der Waals surface area contributed by atoms with Gasteiger partial charge in [0.1, 0.15) is 11.5 Å². The predicted octanol–water partition coefficient (Wildman–Crippen LogP) is 4.40. The monoisotopic (exact) mass is 465 g/mol. The summed E-state index contributed by atoms with van der Waals surface area (Å²) in [6.45, 7) is 0. The van der Waals surface area contributed by atoms with E-state index >= 15 is 0 Å². The second-order valence-corrected chi connectivity index (χ2v) is 8.19. The number of hydrogen-bond donors (Lipinski definition) is 2. The van der Waals surface area contributed by atoms with Crippen LogP contribution >= 0.6 is 0 Å². The summed E-state index contributed by atoms with van der Waals surface area (Å²) in [5, 5.41) is 12.2. The Bertz CT molecular complexity index is 1720. The molecule has 0 amide bonds. The van der Waals surface area contributed by atoms with Crippen LogP contribution in [-0.4, -0.2) is 20.7 Å². The summed E-state index contributed by atoms with van der Waals surface area (Å²) in [4.78, 5) is 56.4. The lowest BCUT2D eigenvalue weighted by Gasteiger charge is -2.27. The van der Waals surface area contributed by atoms with Crippen molar-refractivity contribution < 1.29 is 14.5 Å². The molecule has 2 aromatic heterocycles. The van der Waals surface area contributed by atoms with Gasteiger partial charge >= 0.3 is 0 Å². The summed E-state index contributed by atoms with van der Waals surface area (Å²) in [6, 6.07) is 19.1. The number of rotatable bonds is 3. The van der Waals surface area contributed by atoms with E-state index in [4.69, 9.17) is 4.74 Å². The Morgan fingerprint density at radius 2 is 1.26 bits per heavy atom. The molecule has 9 nitrogen and oxygen atoms in total. The quantitative estimate of drug-likeness (QED) is 0.230. The van der Waals surface area contributed by atoms with Gasteiger partial charge in [-0.25, -0.2) is 0 Å². The van der Waals surface area contributed by atoms with Gasteiger partial charge in [0.25, 0.3) is 16.8 Å². The van der Waals surface area contributed by atoms with Gasteiger partial charge in [0.2, 0.25) is 0 Å². The highest BCUT2D eigenvalue weighted by Gasteiger charge is 2.40. The molecule has 35 heavy (non-hydrogen) atoms. The molecule has 0 atom stereocenters. The molecule has 0 radical (unpaired) electrons. The number of aromatic amines is 2. The molecule has 2 N–H and O–H groups in total. The van der Waals surface area contributed by atoms with Gasteiger partial charge < -0.3 is 14.7 Å². The molecule has 3 aromatic carbocycles. The number of benzene rings is 3. The van der Waals surface area contributed by atoms with E-state index in [1.807, 2.05) is 0 Å². The van der Waals surface area contributed by atoms with Crippen molar-refractivity contribution in [2.75, 3.05) is 0 Å². The molecular weight excluding hydrogens is 450 g/mol. The summed E-state index contributed by atoms with van der Waals surface area (Å²) in [7, 11) is 0. The highest BCUT2D eigenvalue weighted by molar-refractivity contribution is 6.06. The number of nitrogens with zero attached hydrogens (tertiary/aromatic N) is 1. The van der Waals surface area contributed by atoms with Crippen molar-refractivity contribution in [2.24, 2.45) is 0 Å². The second-order valence-electron chi connectivity index (χ2n) is 8.19. The fourth-order valence-corrected chi connectivity index (χ4v) is 4.62. The predicted molar refractivity (Wildman–Crippen MR) is 128 cm³/mol.